The van der Waals surface area contributed by atoms with Crippen molar-refractivity contribution in [3.05, 3.63) is 83.4 Å². The Morgan fingerprint density at radius 1 is 1.03 bits per heavy atom. The summed E-state index contributed by atoms with van der Waals surface area (Å²) in [5.74, 6) is 1.05. The van der Waals surface area contributed by atoms with Crippen LogP contribution < -0.4 is 9.64 Å². The summed E-state index contributed by atoms with van der Waals surface area (Å²) in [5.41, 5.74) is 1.21. The van der Waals surface area contributed by atoms with E-state index in [0.717, 1.165) is 44.0 Å². The van der Waals surface area contributed by atoms with E-state index in [4.69, 9.17) is 26.1 Å². The zero-order valence-electron chi connectivity index (χ0n) is 19.2. The molecule has 1 aliphatic heterocycles. The molecule has 0 atom stereocenters. The first kappa shape index (κ1) is 23.8. The van der Waals surface area contributed by atoms with E-state index in [1.54, 1.807) is 11.0 Å². The quantitative estimate of drug-likeness (QED) is 0.288. The molecule has 8 heteroatoms. The van der Waals surface area contributed by atoms with E-state index in [9.17, 15) is 4.79 Å². The maximum absolute atomic E-state index is 13.9. The molecular formula is C27H26ClN3O3S. The van der Waals surface area contributed by atoms with Crippen LogP contribution in [-0.2, 0) is 4.74 Å². The second-order valence-electron chi connectivity index (χ2n) is 8.26. The van der Waals surface area contributed by atoms with Gasteiger partial charge in [-0.25, -0.2) is 4.98 Å². The second-order valence-corrected chi connectivity index (χ2v) is 9.67. The molecule has 0 bridgehead atoms. The number of benzene rings is 3. The van der Waals surface area contributed by atoms with Crippen LogP contribution in [0.1, 0.15) is 16.8 Å². The lowest BCUT2D eigenvalue weighted by atomic mass is 10.1. The molecule has 4 aromatic rings. The molecule has 0 saturated carbocycles. The maximum Gasteiger partial charge on any atom is 0.263 e. The van der Waals surface area contributed by atoms with Gasteiger partial charge in [-0.2, -0.15) is 0 Å². The summed E-state index contributed by atoms with van der Waals surface area (Å²) in [7, 11) is 0. The molecule has 0 aliphatic carbocycles. The smallest absolute Gasteiger partial charge is 0.263 e. The van der Waals surface area contributed by atoms with Crippen LogP contribution in [0.25, 0.3) is 10.2 Å². The Balaban J connectivity index is 1.44. The fourth-order valence-electron chi connectivity index (χ4n) is 4.07. The first-order chi connectivity index (χ1) is 17.2. The van der Waals surface area contributed by atoms with Crippen LogP contribution in [0.5, 0.6) is 11.5 Å². The molecule has 6 nitrogen and oxygen atoms in total. The van der Waals surface area contributed by atoms with Crippen LogP contribution in [0.4, 0.5) is 5.13 Å². The minimum Gasteiger partial charge on any atom is -0.457 e. The van der Waals surface area contributed by atoms with Crippen LogP contribution >= 0.6 is 22.9 Å². The number of aromatic nitrogens is 1. The lowest BCUT2D eigenvalue weighted by molar-refractivity contribution is 0.0376. The molecule has 0 N–H and O–H groups in total. The van der Waals surface area contributed by atoms with E-state index < -0.39 is 0 Å². The Hall–Kier alpha value is -2.97. The molecule has 0 radical (unpaired) electrons. The minimum atomic E-state index is -0.145. The lowest BCUT2D eigenvalue weighted by Crippen LogP contribution is -2.39. The summed E-state index contributed by atoms with van der Waals surface area (Å²) in [4.78, 5) is 22.8. The molecule has 1 aliphatic rings. The molecule has 0 spiro atoms. The van der Waals surface area contributed by atoms with Crippen LogP contribution in [0, 0.1) is 0 Å². The topological polar surface area (TPSA) is 54.9 Å². The third kappa shape index (κ3) is 5.65. The number of rotatable bonds is 8. The highest BCUT2D eigenvalue weighted by Crippen LogP contribution is 2.35. The summed E-state index contributed by atoms with van der Waals surface area (Å²) in [6.07, 6.45) is 0.817. The molecule has 1 amide bonds. The van der Waals surface area contributed by atoms with E-state index in [-0.39, 0.29) is 5.91 Å². The molecule has 5 rings (SSSR count). The second kappa shape index (κ2) is 11.2. The van der Waals surface area contributed by atoms with Crippen molar-refractivity contribution in [1.82, 2.24) is 9.88 Å². The number of para-hydroxylation sites is 3. The van der Waals surface area contributed by atoms with Crippen molar-refractivity contribution < 1.29 is 14.3 Å². The molecule has 1 aromatic heterocycles. The van der Waals surface area contributed by atoms with Gasteiger partial charge in [-0.15, -0.1) is 0 Å². The summed E-state index contributed by atoms with van der Waals surface area (Å²) in [6.45, 7) is 4.76. The Morgan fingerprint density at radius 2 is 1.80 bits per heavy atom. The predicted octanol–water partition coefficient (Wildman–Crippen LogP) is 6.11. The highest BCUT2D eigenvalue weighted by Gasteiger charge is 2.25. The molecule has 2 heterocycles. The summed E-state index contributed by atoms with van der Waals surface area (Å²) in [6, 6.07) is 22.5. The lowest BCUT2D eigenvalue weighted by Gasteiger charge is -2.28. The number of carbonyl (C=O) groups is 1. The van der Waals surface area contributed by atoms with Gasteiger partial charge in [0.25, 0.3) is 5.91 Å². The molecule has 35 heavy (non-hydrogen) atoms. The van der Waals surface area contributed by atoms with Crippen molar-refractivity contribution >= 4 is 44.2 Å². The van der Waals surface area contributed by atoms with Gasteiger partial charge in [0.15, 0.2) is 5.13 Å². The summed E-state index contributed by atoms with van der Waals surface area (Å²) < 4.78 is 12.5. The Kier molecular flexibility index (Phi) is 7.59. The zero-order chi connectivity index (χ0) is 24.0. The summed E-state index contributed by atoms with van der Waals surface area (Å²) in [5, 5.41) is 1.22. The highest BCUT2D eigenvalue weighted by atomic mass is 35.5. The van der Waals surface area contributed by atoms with Gasteiger partial charge in [0.1, 0.15) is 17.0 Å². The number of amides is 1. The number of thiazole rings is 1. The van der Waals surface area contributed by atoms with Gasteiger partial charge in [-0.05, 0) is 42.8 Å². The molecule has 1 fully saturated rings. The average molecular weight is 508 g/mol. The van der Waals surface area contributed by atoms with Gasteiger partial charge in [-0.1, -0.05) is 59.3 Å². The SMILES string of the molecule is O=C(c1ccccc1Oc1ccccc1)N(CCCN1CCOCC1)c1nc2c(Cl)cccc2s1. The third-order valence-electron chi connectivity index (χ3n) is 5.88. The monoisotopic (exact) mass is 507 g/mol. The van der Waals surface area contributed by atoms with Crippen molar-refractivity contribution in [3.8, 4) is 11.5 Å². The molecule has 1 saturated heterocycles. The fourth-order valence-corrected chi connectivity index (χ4v) is 5.36. The molecule has 0 unspecified atom stereocenters. The van der Waals surface area contributed by atoms with Gasteiger partial charge in [-0.3, -0.25) is 14.6 Å². The minimum absolute atomic E-state index is 0.145. The van der Waals surface area contributed by atoms with Crippen LogP contribution in [0.15, 0.2) is 72.8 Å². The van der Waals surface area contributed by atoms with Gasteiger partial charge in [0, 0.05) is 26.2 Å². The number of halogens is 1. The van der Waals surface area contributed by atoms with Gasteiger partial charge >= 0.3 is 0 Å². The number of carbonyl (C=O) groups excluding carboxylic acids is 1. The number of morpholine rings is 1. The average Bonchev–Trinajstić information content (AvgIpc) is 3.33. The number of hydrogen-bond donors (Lipinski definition) is 0. The first-order valence-electron chi connectivity index (χ1n) is 11.7. The van der Waals surface area contributed by atoms with Crippen LogP contribution in [-0.4, -0.2) is 55.2 Å². The Labute approximate surface area is 213 Å². The maximum atomic E-state index is 13.9. The summed E-state index contributed by atoms with van der Waals surface area (Å²) >= 11 is 7.87. The molecule has 3 aromatic carbocycles. The van der Waals surface area contributed by atoms with Gasteiger partial charge in [0.2, 0.25) is 0 Å². The van der Waals surface area contributed by atoms with E-state index in [0.29, 0.717) is 39.3 Å². The van der Waals surface area contributed by atoms with Gasteiger partial charge in [0.05, 0.1) is 28.5 Å². The standard InChI is InChI=1S/C27H26ClN3O3S/c28-22-11-6-13-24-25(22)29-27(35-24)31(15-7-14-30-16-18-33-19-17-30)26(32)21-10-4-5-12-23(21)34-20-8-2-1-3-9-20/h1-6,8-13H,7,14-19H2. The number of fused-ring (bicyclic) bond motifs is 1. The zero-order valence-corrected chi connectivity index (χ0v) is 20.8. The van der Waals surface area contributed by atoms with E-state index in [1.807, 2.05) is 66.7 Å². The van der Waals surface area contributed by atoms with E-state index in [2.05, 4.69) is 4.90 Å². The van der Waals surface area contributed by atoms with E-state index >= 15 is 0 Å². The molecule has 180 valence electrons. The number of anilines is 1. The van der Waals surface area contributed by atoms with Gasteiger partial charge < -0.3 is 9.47 Å². The number of hydrogen-bond acceptors (Lipinski definition) is 6. The third-order valence-corrected chi connectivity index (χ3v) is 7.23. The Morgan fingerprint density at radius 3 is 2.60 bits per heavy atom. The first-order valence-corrected chi connectivity index (χ1v) is 12.9. The van der Waals surface area contributed by atoms with E-state index in [1.165, 1.54) is 11.3 Å². The number of ether oxygens (including phenoxy) is 2. The van der Waals surface area contributed by atoms with Crippen molar-refractivity contribution in [2.75, 3.05) is 44.3 Å². The largest absolute Gasteiger partial charge is 0.457 e. The molecular weight excluding hydrogens is 482 g/mol. The van der Waals surface area contributed by atoms with Crippen LogP contribution in [0.3, 0.4) is 0 Å². The Bertz CT molecular complexity index is 1290. The normalized spacial score (nSPS) is 14.2. The van der Waals surface area contributed by atoms with Crippen molar-refractivity contribution in [1.29, 1.82) is 0 Å². The van der Waals surface area contributed by atoms with Crippen molar-refractivity contribution in [2.45, 2.75) is 6.42 Å². The number of nitrogens with zero attached hydrogens (tertiary/aromatic N) is 3. The van der Waals surface area contributed by atoms with Crippen molar-refractivity contribution in [3.63, 3.8) is 0 Å². The highest BCUT2D eigenvalue weighted by molar-refractivity contribution is 7.22. The fraction of sp³-hybridized carbons (Fsp3) is 0.259. The van der Waals surface area contributed by atoms with Crippen LogP contribution in [0.2, 0.25) is 5.02 Å². The van der Waals surface area contributed by atoms with Crippen molar-refractivity contribution in [2.24, 2.45) is 0 Å². The predicted molar refractivity (Wildman–Crippen MR) is 141 cm³/mol.